The van der Waals surface area contributed by atoms with Gasteiger partial charge in [0.05, 0.1) is 19.3 Å². The van der Waals surface area contributed by atoms with E-state index in [0.717, 1.165) is 30.4 Å². The summed E-state index contributed by atoms with van der Waals surface area (Å²) in [5, 5.41) is 0.981. The van der Waals surface area contributed by atoms with Crippen LogP contribution in [-0.2, 0) is 22.6 Å². The van der Waals surface area contributed by atoms with Gasteiger partial charge in [-0.1, -0.05) is 0 Å². The SMILES string of the molecule is COCCn1ccc2ccn(C[C@@H]3CCCO3)c(=O)c21. The second kappa shape index (κ2) is 5.81. The normalized spacial score (nSPS) is 18.9. The fraction of sp³-hybridized carbons (Fsp3) is 0.533. The average Bonchev–Trinajstić information content (AvgIpc) is 3.09. The second-order valence-electron chi connectivity index (χ2n) is 5.21. The van der Waals surface area contributed by atoms with E-state index >= 15 is 0 Å². The van der Waals surface area contributed by atoms with E-state index < -0.39 is 0 Å². The maximum absolute atomic E-state index is 12.6. The first-order valence-electron chi connectivity index (χ1n) is 7.08. The van der Waals surface area contributed by atoms with Gasteiger partial charge in [-0.3, -0.25) is 4.79 Å². The number of nitrogens with zero attached hydrogens (tertiary/aromatic N) is 2. The van der Waals surface area contributed by atoms with Crippen LogP contribution in [0, 0.1) is 0 Å². The van der Waals surface area contributed by atoms with E-state index in [-0.39, 0.29) is 11.7 Å². The number of hydrogen-bond acceptors (Lipinski definition) is 3. The molecule has 2 aromatic rings. The Balaban J connectivity index is 1.93. The zero-order valence-electron chi connectivity index (χ0n) is 11.7. The molecular weight excluding hydrogens is 256 g/mol. The molecule has 0 N–H and O–H groups in total. The van der Waals surface area contributed by atoms with E-state index in [1.807, 2.05) is 29.1 Å². The van der Waals surface area contributed by atoms with Crippen molar-refractivity contribution in [3.63, 3.8) is 0 Å². The zero-order chi connectivity index (χ0) is 13.9. The molecule has 5 heteroatoms. The van der Waals surface area contributed by atoms with E-state index in [1.54, 1.807) is 11.7 Å². The maximum Gasteiger partial charge on any atom is 0.275 e. The van der Waals surface area contributed by atoms with Crippen LogP contribution in [0.25, 0.3) is 10.9 Å². The lowest BCUT2D eigenvalue weighted by Crippen LogP contribution is -2.27. The molecule has 5 nitrogen and oxygen atoms in total. The molecule has 1 aliphatic heterocycles. The van der Waals surface area contributed by atoms with E-state index in [4.69, 9.17) is 9.47 Å². The molecule has 0 aromatic carbocycles. The molecule has 0 unspecified atom stereocenters. The fourth-order valence-electron chi connectivity index (χ4n) is 2.77. The largest absolute Gasteiger partial charge is 0.383 e. The van der Waals surface area contributed by atoms with Crippen LogP contribution in [0.5, 0.6) is 0 Å². The molecule has 1 saturated heterocycles. The van der Waals surface area contributed by atoms with Crippen molar-refractivity contribution in [3.05, 3.63) is 34.9 Å². The van der Waals surface area contributed by atoms with Gasteiger partial charge in [-0.25, -0.2) is 0 Å². The van der Waals surface area contributed by atoms with Crippen molar-refractivity contribution in [1.29, 1.82) is 0 Å². The quantitative estimate of drug-likeness (QED) is 0.834. The first kappa shape index (κ1) is 13.4. The molecule has 0 bridgehead atoms. The maximum atomic E-state index is 12.6. The smallest absolute Gasteiger partial charge is 0.275 e. The van der Waals surface area contributed by atoms with Gasteiger partial charge >= 0.3 is 0 Å². The van der Waals surface area contributed by atoms with Gasteiger partial charge in [-0.15, -0.1) is 0 Å². The third kappa shape index (κ3) is 2.51. The third-order valence-electron chi connectivity index (χ3n) is 3.85. The van der Waals surface area contributed by atoms with Crippen molar-refractivity contribution in [2.24, 2.45) is 0 Å². The first-order valence-corrected chi connectivity index (χ1v) is 7.08. The highest BCUT2D eigenvalue weighted by Gasteiger charge is 2.17. The Labute approximate surface area is 117 Å². The minimum atomic E-state index is 0.0547. The zero-order valence-corrected chi connectivity index (χ0v) is 11.7. The molecule has 3 rings (SSSR count). The predicted octanol–water partition coefficient (Wildman–Crippen LogP) is 1.63. The van der Waals surface area contributed by atoms with Crippen LogP contribution in [0.3, 0.4) is 0 Å². The summed E-state index contributed by atoms with van der Waals surface area (Å²) >= 11 is 0. The highest BCUT2D eigenvalue weighted by atomic mass is 16.5. The van der Waals surface area contributed by atoms with Crippen LogP contribution in [0.1, 0.15) is 12.8 Å². The monoisotopic (exact) mass is 276 g/mol. The number of methoxy groups -OCH3 is 1. The van der Waals surface area contributed by atoms with Gasteiger partial charge in [0.15, 0.2) is 0 Å². The van der Waals surface area contributed by atoms with Gasteiger partial charge < -0.3 is 18.6 Å². The van der Waals surface area contributed by atoms with Crippen molar-refractivity contribution in [2.45, 2.75) is 32.0 Å². The van der Waals surface area contributed by atoms with Crippen molar-refractivity contribution in [2.75, 3.05) is 20.3 Å². The van der Waals surface area contributed by atoms with Crippen molar-refractivity contribution >= 4 is 10.9 Å². The number of hydrogen-bond donors (Lipinski definition) is 0. The van der Waals surface area contributed by atoms with Crippen molar-refractivity contribution < 1.29 is 9.47 Å². The number of rotatable bonds is 5. The molecule has 0 spiro atoms. The topological polar surface area (TPSA) is 45.4 Å². The molecule has 0 saturated carbocycles. The lowest BCUT2D eigenvalue weighted by Gasteiger charge is -2.12. The van der Waals surface area contributed by atoms with Gasteiger partial charge in [-0.2, -0.15) is 0 Å². The molecule has 3 heterocycles. The highest BCUT2D eigenvalue weighted by Crippen LogP contribution is 2.15. The molecule has 2 aromatic heterocycles. The van der Waals surface area contributed by atoms with Crippen LogP contribution in [0.4, 0.5) is 0 Å². The molecule has 0 aliphatic carbocycles. The summed E-state index contributed by atoms with van der Waals surface area (Å²) < 4.78 is 14.4. The molecule has 20 heavy (non-hydrogen) atoms. The van der Waals surface area contributed by atoms with Gasteiger partial charge in [-0.05, 0) is 25.0 Å². The predicted molar refractivity (Wildman–Crippen MR) is 77.0 cm³/mol. The van der Waals surface area contributed by atoms with Crippen LogP contribution >= 0.6 is 0 Å². The number of pyridine rings is 1. The molecule has 1 fully saturated rings. The Morgan fingerprint density at radius 3 is 2.85 bits per heavy atom. The van der Waals surface area contributed by atoms with E-state index in [9.17, 15) is 4.79 Å². The Morgan fingerprint density at radius 2 is 2.15 bits per heavy atom. The van der Waals surface area contributed by atoms with Crippen LogP contribution < -0.4 is 5.56 Å². The summed E-state index contributed by atoms with van der Waals surface area (Å²) in [6.07, 6.45) is 6.11. The highest BCUT2D eigenvalue weighted by molar-refractivity contribution is 5.78. The van der Waals surface area contributed by atoms with Crippen LogP contribution in [0.2, 0.25) is 0 Å². The second-order valence-corrected chi connectivity index (χ2v) is 5.21. The van der Waals surface area contributed by atoms with Crippen LogP contribution in [-0.4, -0.2) is 35.6 Å². The van der Waals surface area contributed by atoms with Gasteiger partial charge in [0.25, 0.3) is 5.56 Å². The summed E-state index contributed by atoms with van der Waals surface area (Å²) in [7, 11) is 1.67. The van der Waals surface area contributed by atoms with E-state index in [2.05, 4.69) is 0 Å². The number of ether oxygens (including phenoxy) is 2. The minimum Gasteiger partial charge on any atom is -0.383 e. The van der Waals surface area contributed by atoms with Gasteiger partial charge in [0, 0.05) is 38.0 Å². The summed E-state index contributed by atoms with van der Waals surface area (Å²) in [6.45, 7) is 2.75. The third-order valence-corrected chi connectivity index (χ3v) is 3.85. The van der Waals surface area contributed by atoms with Crippen molar-refractivity contribution in [3.8, 4) is 0 Å². The number of fused-ring (bicyclic) bond motifs is 1. The Kier molecular flexibility index (Phi) is 3.89. The molecule has 0 radical (unpaired) electrons. The molecule has 1 atom stereocenters. The Morgan fingerprint density at radius 1 is 1.35 bits per heavy atom. The fourth-order valence-corrected chi connectivity index (χ4v) is 2.77. The Bertz CT molecular complexity index is 638. The summed E-state index contributed by atoms with van der Waals surface area (Å²) in [5.41, 5.74) is 0.807. The Hall–Kier alpha value is -1.59. The summed E-state index contributed by atoms with van der Waals surface area (Å²) in [6, 6.07) is 3.97. The summed E-state index contributed by atoms with van der Waals surface area (Å²) in [4.78, 5) is 12.6. The molecule has 1 aliphatic rings. The molecule has 0 amide bonds. The lowest BCUT2D eigenvalue weighted by atomic mass is 10.2. The van der Waals surface area contributed by atoms with Gasteiger partial charge in [0.2, 0.25) is 0 Å². The van der Waals surface area contributed by atoms with E-state index in [1.165, 1.54) is 0 Å². The average molecular weight is 276 g/mol. The lowest BCUT2D eigenvalue weighted by molar-refractivity contribution is 0.0962. The molecular formula is C15H20N2O3. The van der Waals surface area contributed by atoms with Crippen molar-refractivity contribution in [1.82, 2.24) is 9.13 Å². The minimum absolute atomic E-state index is 0.0547. The molecule has 108 valence electrons. The van der Waals surface area contributed by atoms with Gasteiger partial charge in [0.1, 0.15) is 5.52 Å². The number of aromatic nitrogens is 2. The van der Waals surface area contributed by atoms with E-state index in [0.29, 0.717) is 19.7 Å². The standard InChI is InChI=1S/C15H20N2O3/c1-19-10-8-16-6-4-12-5-7-17(15(18)14(12)16)11-13-3-2-9-20-13/h4-7,13H,2-3,8-11H2,1H3/t13-/m0/s1. The first-order chi connectivity index (χ1) is 9.79. The van der Waals surface area contributed by atoms with Crippen LogP contribution in [0.15, 0.2) is 29.3 Å². The summed E-state index contributed by atoms with van der Waals surface area (Å²) in [5.74, 6) is 0.